The van der Waals surface area contributed by atoms with Crippen molar-refractivity contribution in [1.29, 1.82) is 5.26 Å². The summed E-state index contributed by atoms with van der Waals surface area (Å²) < 4.78 is 26.0. The molecule has 0 atom stereocenters. The van der Waals surface area contributed by atoms with Gasteiger partial charge in [-0.25, -0.2) is 8.42 Å². The van der Waals surface area contributed by atoms with Gasteiger partial charge < -0.3 is 0 Å². The van der Waals surface area contributed by atoms with Crippen molar-refractivity contribution in [2.75, 3.05) is 7.05 Å². The minimum Gasteiger partial charge on any atom is -0.207 e. The Morgan fingerprint density at radius 2 is 2.11 bits per heavy atom. The van der Waals surface area contributed by atoms with Crippen molar-refractivity contribution in [3.63, 3.8) is 0 Å². The van der Waals surface area contributed by atoms with E-state index < -0.39 is 10.0 Å². The lowest BCUT2D eigenvalue weighted by Crippen LogP contribution is -2.26. The summed E-state index contributed by atoms with van der Waals surface area (Å²) in [5, 5.41) is 10.7. The van der Waals surface area contributed by atoms with Crippen molar-refractivity contribution in [2.45, 2.75) is 11.4 Å². The number of hydrogen-bond acceptors (Lipinski definition) is 4. The van der Waals surface area contributed by atoms with Gasteiger partial charge in [0, 0.05) is 18.5 Å². The molecule has 1 aromatic heterocycles. The molecule has 0 aliphatic heterocycles. The summed E-state index contributed by atoms with van der Waals surface area (Å²) in [6.07, 6.45) is 0. The largest absolute Gasteiger partial charge is 0.243 e. The lowest BCUT2D eigenvalue weighted by molar-refractivity contribution is 0.469. The van der Waals surface area contributed by atoms with Crippen molar-refractivity contribution in [3.05, 3.63) is 52.2 Å². The van der Waals surface area contributed by atoms with Crippen molar-refractivity contribution >= 4 is 21.4 Å². The van der Waals surface area contributed by atoms with E-state index >= 15 is 0 Å². The summed E-state index contributed by atoms with van der Waals surface area (Å²) in [5.74, 6) is 0. The van der Waals surface area contributed by atoms with Crippen LogP contribution in [0.25, 0.3) is 0 Å². The molecule has 1 aromatic carbocycles. The average molecular weight is 292 g/mol. The number of thiophene rings is 1. The maximum Gasteiger partial charge on any atom is 0.243 e. The Morgan fingerprint density at radius 1 is 1.32 bits per heavy atom. The highest BCUT2D eigenvalue weighted by molar-refractivity contribution is 7.89. The van der Waals surface area contributed by atoms with E-state index in [1.54, 1.807) is 12.1 Å². The van der Waals surface area contributed by atoms with Gasteiger partial charge in [0.15, 0.2) is 0 Å². The van der Waals surface area contributed by atoms with E-state index in [1.165, 1.54) is 34.8 Å². The molecular formula is C13H12N2O2S2. The van der Waals surface area contributed by atoms with Gasteiger partial charge in [-0.15, -0.1) is 11.3 Å². The topological polar surface area (TPSA) is 61.2 Å². The average Bonchev–Trinajstić information content (AvgIpc) is 2.91. The lowest BCUT2D eigenvalue weighted by Gasteiger charge is -2.16. The second-order valence-electron chi connectivity index (χ2n) is 3.98. The van der Waals surface area contributed by atoms with Crippen LogP contribution >= 0.6 is 11.3 Å². The second kappa shape index (κ2) is 5.53. The lowest BCUT2D eigenvalue weighted by atomic mass is 10.2. The molecule has 4 nitrogen and oxygen atoms in total. The van der Waals surface area contributed by atoms with Crippen LogP contribution in [-0.2, 0) is 16.6 Å². The van der Waals surface area contributed by atoms with E-state index in [0.717, 1.165) is 4.88 Å². The third-order valence-corrected chi connectivity index (χ3v) is 5.29. The highest BCUT2D eigenvalue weighted by Gasteiger charge is 2.21. The third kappa shape index (κ3) is 3.01. The number of nitriles is 1. The molecule has 0 spiro atoms. The Hall–Kier alpha value is -1.68. The Balaban J connectivity index is 2.28. The Bertz CT molecular complexity index is 700. The number of hydrogen-bond donors (Lipinski definition) is 0. The van der Waals surface area contributed by atoms with Crippen LogP contribution in [0.3, 0.4) is 0 Å². The van der Waals surface area contributed by atoms with E-state index in [9.17, 15) is 8.42 Å². The molecule has 0 bridgehead atoms. The summed E-state index contributed by atoms with van der Waals surface area (Å²) in [6, 6.07) is 11.8. The van der Waals surface area contributed by atoms with Crippen LogP contribution < -0.4 is 0 Å². The zero-order valence-electron chi connectivity index (χ0n) is 10.3. The molecule has 0 unspecified atom stereocenters. The van der Waals surface area contributed by atoms with E-state index in [1.807, 2.05) is 23.6 Å². The third-order valence-electron chi connectivity index (χ3n) is 2.63. The molecule has 2 rings (SSSR count). The van der Waals surface area contributed by atoms with Crippen LogP contribution in [0.1, 0.15) is 10.4 Å². The summed E-state index contributed by atoms with van der Waals surface area (Å²) in [4.78, 5) is 1.12. The molecule has 0 saturated carbocycles. The molecule has 0 N–H and O–H groups in total. The Morgan fingerprint density at radius 3 is 2.74 bits per heavy atom. The van der Waals surface area contributed by atoms with Gasteiger partial charge in [0.25, 0.3) is 0 Å². The molecule has 0 saturated heterocycles. The molecule has 98 valence electrons. The smallest absolute Gasteiger partial charge is 0.207 e. The van der Waals surface area contributed by atoms with Gasteiger partial charge in [-0.2, -0.15) is 9.57 Å². The predicted octanol–water partition coefficient (Wildman–Crippen LogP) is 2.44. The van der Waals surface area contributed by atoms with Gasteiger partial charge in [-0.05, 0) is 29.6 Å². The number of nitrogens with zero attached hydrogens (tertiary/aromatic N) is 2. The van der Waals surface area contributed by atoms with Gasteiger partial charge in [-0.1, -0.05) is 12.1 Å². The van der Waals surface area contributed by atoms with E-state index in [-0.39, 0.29) is 4.90 Å². The Kier molecular flexibility index (Phi) is 4.00. The van der Waals surface area contributed by atoms with Crippen LogP contribution in [0.5, 0.6) is 0 Å². The maximum absolute atomic E-state index is 12.3. The van der Waals surface area contributed by atoms with Crippen molar-refractivity contribution < 1.29 is 8.42 Å². The molecule has 2 aromatic rings. The van der Waals surface area contributed by atoms with Gasteiger partial charge in [0.1, 0.15) is 0 Å². The van der Waals surface area contributed by atoms with Crippen LogP contribution in [0, 0.1) is 11.3 Å². The first-order valence-corrected chi connectivity index (χ1v) is 7.85. The van der Waals surface area contributed by atoms with E-state index in [0.29, 0.717) is 12.1 Å². The zero-order valence-corrected chi connectivity index (χ0v) is 11.9. The normalized spacial score (nSPS) is 11.4. The fourth-order valence-electron chi connectivity index (χ4n) is 1.61. The zero-order chi connectivity index (χ0) is 13.9. The standard InChI is InChI=1S/C13H12N2O2S2/c1-15(10-12-5-3-7-18-12)19(16,17)13-6-2-4-11(8-13)9-14/h2-8H,10H2,1H3. The molecule has 0 fully saturated rings. The molecule has 0 radical (unpaired) electrons. The molecule has 0 amide bonds. The minimum absolute atomic E-state index is 0.144. The van der Waals surface area contributed by atoms with Crippen molar-refractivity contribution in [2.24, 2.45) is 0 Å². The van der Waals surface area contributed by atoms with Crippen molar-refractivity contribution in [1.82, 2.24) is 4.31 Å². The SMILES string of the molecule is CN(Cc1cccs1)S(=O)(=O)c1cccc(C#N)c1. The molecule has 6 heteroatoms. The summed E-state index contributed by atoms with van der Waals surface area (Å²) >= 11 is 1.51. The molecule has 19 heavy (non-hydrogen) atoms. The van der Waals surface area contributed by atoms with Crippen LogP contribution in [0.2, 0.25) is 0 Å². The van der Waals surface area contributed by atoms with Crippen LogP contribution in [0.15, 0.2) is 46.7 Å². The van der Waals surface area contributed by atoms with Gasteiger partial charge in [0.2, 0.25) is 10.0 Å². The highest BCUT2D eigenvalue weighted by atomic mass is 32.2. The van der Waals surface area contributed by atoms with Gasteiger partial charge in [-0.3, -0.25) is 0 Å². The van der Waals surface area contributed by atoms with E-state index in [4.69, 9.17) is 5.26 Å². The summed E-state index contributed by atoms with van der Waals surface area (Å²) in [5.41, 5.74) is 0.339. The maximum atomic E-state index is 12.3. The highest BCUT2D eigenvalue weighted by Crippen LogP contribution is 2.19. The number of sulfonamides is 1. The van der Waals surface area contributed by atoms with Gasteiger partial charge >= 0.3 is 0 Å². The van der Waals surface area contributed by atoms with Crippen LogP contribution in [0.4, 0.5) is 0 Å². The fourth-order valence-corrected chi connectivity index (χ4v) is 3.65. The summed E-state index contributed by atoms with van der Waals surface area (Å²) in [6.45, 7) is 0.330. The van der Waals surface area contributed by atoms with Crippen molar-refractivity contribution in [3.8, 4) is 6.07 Å². The molecule has 0 aliphatic rings. The molecule has 0 aliphatic carbocycles. The quantitative estimate of drug-likeness (QED) is 0.869. The first kappa shape index (κ1) is 13.7. The Labute approximate surface area is 116 Å². The first-order chi connectivity index (χ1) is 9.04. The predicted molar refractivity (Wildman–Crippen MR) is 74.1 cm³/mol. The van der Waals surface area contributed by atoms with Gasteiger partial charge in [0.05, 0.1) is 16.5 Å². The first-order valence-electron chi connectivity index (χ1n) is 5.53. The number of benzene rings is 1. The van der Waals surface area contributed by atoms with Crippen LogP contribution in [-0.4, -0.2) is 19.8 Å². The minimum atomic E-state index is -3.56. The summed E-state index contributed by atoms with van der Waals surface area (Å²) in [7, 11) is -2.02. The number of rotatable bonds is 4. The molecule has 1 heterocycles. The fraction of sp³-hybridized carbons (Fsp3) is 0.154. The molecular weight excluding hydrogens is 280 g/mol. The monoisotopic (exact) mass is 292 g/mol. The van der Waals surface area contributed by atoms with E-state index in [2.05, 4.69) is 0 Å². The second-order valence-corrected chi connectivity index (χ2v) is 7.06.